The predicted octanol–water partition coefficient (Wildman–Crippen LogP) is 3.65. The number of fused-ring (bicyclic) bond motifs is 1. The number of rotatable bonds is 4. The molecule has 120 valence electrons. The average molecular weight is 319 g/mol. The van der Waals surface area contributed by atoms with E-state index in [1.54, 1.807) is 0 Å². The Labute approximate surface area is 139 Å². The lowest BCUT2D eigenvalue weighted by molar-refractivity contribution is 0.424. The average Bonchev–Trinajstić information content (AvgIpc) is 3.22. The Morgan fingerprint density at radius 3 is 2.71 bits per heavy atom. The van der Waals surface area contributed by atoms with Crippen molar-refractivity contribution in [1.29, 1.82) is 0 Å². The molecule has 0 N–H and O–H groups in total. The number of aromatic nitrogens is 5. The van der Waals surface area contributed by atoms with Crippen LogP contribution in [0.5, 0.6) is 0 Å². The third kappa shape index (κ3) is 2.67. The van der Waals surface area contributed by atoms with Gasteiger partial charge in [-0.25, -0.2) is 4.68 Å². The van der Waals surface area contributed by atoms with E-state index in [0.717, 1.165) is 22.2 Å². The summed E-state index contributed by atoms with van der Waals surface area (Å²) in [5, 5.41) is 12.5. The molecule has 0 aliphatic rings. The van der Waals surface area contributed by atoms with Crippen LogP contribution >= 0.6 is 0 Å². The lowest BCUT2D eigenvalue weighted by atomic mass is 10.1. The second-order valence-electron chi connectivity index (χ2n) is 6.01. The standard InChI is InChI=1S/C18H17N5O/c1-12(2)23-16-9-8-14(11-15(16)20-22-23)18-19-17(21-24-18)10-13-6-4-3-5-7-13/h3-9,11-12H,10H2,1-2H3. The van der Waals surface area contributed by atoms with Gasteiger partial charge in [-0.1, -0.05) is 40.7 Å². The molecule has 4 rings (SSSR count). The third-order valence-corrected chi connectivity index (χ3v) is 3.88. The van der Waals surface area contributed by atoms with Crippen LogP contribution in [0.15, 0.2) is 53.1 Å². The molecule has 0 unspecified atom stereocenters. The highest BCUT2D eigenvalue weighted by atomic mass is 16.5. The molecule has 0 aliphatic heterocycles. The van der Waals surface area contributed by atoms with E-state index in [2.05, 4.69) is 34.3 Å². The molecule has 4 aromatic rings. The molecule has 24 heavy (non-hydrogen) atoms. The van der Waals surface area contributed by atoms with Crippen LogP contribution in [-0.4, -0.2) is 25.1 Å². The van der Waals surface area contributed by atoms with E-state index in [-0.39, 0.29) is 6.04 Å². The van der Waals surface area contributed by atoms with Crippen molar-refractivity contribution in [2.24, 2.45) is 0 Å². The first-order valence-corrected chi connectivity index (χ1v) is 7.92. The molecule has 0 atom stereocenters. The van der Waals surface area contributed by atoms with Gasteiger partial charge in [-0.2, -0.15) is 4.98 Å². The molecule has 0 saturated heterocycles. The molecule has 2 aromatic carbocycles. The SMILES string of the molecule is CC(C)n1nnc2cc(-c3nc(Cc4ccccc4)no3)ccc21. The molecule has 6 nitrogen and oxygen atoms in total. The molecule has 0 saturated carbocycles. The van der Waals surface area contributed by atoms with Crippen LogP contribution in [0.2, 0.25) is 0 Å². The maximum atomic E-state index is 5.41. The monoisotopic (exact) mass is 319 g/mol. The molecule has 0 radical (unpaired) electrons. The summed E-state index contributed by atoms with van der Waals surface area (Å²) < 4.78 is 7.31. The molecule has 2 aromatic heterocycles. The Morgan fingerprint density at radius 1 is 1.08 bits per heavy atom. The summed E-state index contributed by atoms with van der Waals surface area (Å²) in [6.07, 6.45) is 0.649. The molecule has 0 spiro atoms. The fourth-order valence-corrected chi connectivity index (χ4v) is 2.68. The van der Waals surface area contributed by atoms with Crippen LogP contribution in [0.4, 0.5) is 0 Å². The van der Waals surface area contributed by atoms with Crippen molar-refractivity contribution >= 4 is 11.0 Å². The molecule has 0 fully saturated rings. The number of benzene rings is 2. The second-order valence-corrected chi connectivity index (χ2v) is 6.01. The van der Waals surface area contributed by atoms with Gasteiger partial charge in [-0.15, -0.1) is 5.10 Å². The number of nitrogens with zero attached hydrogens (tertiary/aromatic N) is 5. The van der Waals surface area contributed by atoms with Crippen LogP contribution in [0.25, 0.3) is 22.5 Å². The summed E-state index contributed by atoms with van der Waals surface area (Å²) in [6, 6.07) is 16.2. The highest BCUT2D eigenvalue weighted by Gasteiger charge is 2.13. The Morgan fingerprint density at radius 2 is 1.92 bits per heavy atom. The van der Waals surface area contributed by atoms with Crippen LogP contribution < -0.4 is 0 Å². The molecular weight excluding hydrogens is 302 g/mol. The minimum atomic E-state index is 0.265. The van der Waals surface area contributed by atoms with Crippen molar-refractivity contribution in [3.8, 4) is 11.5 Å². The van der Waals surface area contributed by atoms with Crippen molar-refractivity contribution in [3.05, 3.63) is 59.9 Å². The minimum absolute atomic E-state index is 0.265. The molecular formula is C18H17N5O. The van der Waals surface area contributed by atoms with Crippen LogP contribution in [0, 0.1) is 0 Å². The fraction of sp³-hybridized carbons (Fsp3) is 0.222. The van der Waals surface area contributed by atoms with Crippen molar-refractivity contribution in [2.75, 3.05) is 0 Å². The largest absolute Gasteiger partial charge is 0.334 e. The van der Waals surface area contributed by atoms with Gasteiger partial charge in [0, 0.05) is 18.0 Å². The highest BCUT2D eigenvalue weighted by molar-refractivity contribution is 5.79. The molecule has 0 bridgehead atoms. The number of hydrogen-bond acceptors (Lipinski definition) is 5. The fourth-order valence-electron chi connectivity index (χ4n) is 2.68. The zero-order valence-electron chi connectivity index (χ0n) is 13.5. The smallest absolute Gasteiger partial charge is 0.258 e. The van der Waals surface area contributed by atoms with Gasteiger partial charge in [-0.3, -0.25) is 0 Å². The summed E-state index contributed by atoms with van der Waals surface area (Å²) in [7, 11) is 0. The first-order valence-electron chi connectivity index (χ1n) is 7.92. The van der Waals surface area contributed by atoms with E-state index in [4.69, 9.17) is 4.52 Å². The molecule has 0 amide bonds. The van der Waals surface area contributed by atoms with Crippen LogP contribution in [0.1, 0.15) is 31.3 Å². The van der Waals surface area contributed by atoms with Crippen LogP contribution in [-0.2, 0) is 6.42 Å². The van der Waals surface area contributed by atoms with E-state index in [0.29, 0.717) is 18.1 Å². The van der Waals surface area contributed by atoms with E-state index < -0.39 is 0 Å². The van der Waals surface area contributed by atoms with Gasteiger partial charge in [-0.05, 0) is 37.6 Å². The van der Waals surface area contributed by atoms with Crippen molar-refractivity contribution in [2.45, 2.75) is 26.3 Å². The molecule has 6 heteroatoms. The summed E-state index contributed by atoms with van der Waals surface area (Å²) in [6.45, 7) is 4.16. The predicted molar refractivity (Wildman–Crippen MR) is 90.5 cm³/mol. The van der Waals surface area contributed by atoms with Gasteiger partial charge in [0.05, 0.1) is 5.52 Å². The maximum absolute atomic E-state index is 5.41. The van der Waals surface area contributed by atoms with Crippen molar-refractivity contribution < 1.29 is 4.52 Å². The van der Waals surface area contributed by atoms with Gasteiger partial charge < -0.3 is 4.52 Å². The quantitative estimate of drug-likeness (QED) is 0.574. The summed E-state index contributed by atoms with van der Waals surface area (Å²) in [5.74, 6) is 1.17. The summed E-state index contributed by atoms with van der Waals surface area (Å²) >= 11 is 0. The maximum Gasteiger partial charge on any atom is 0.258 e. The Hall–Kier alpha value is -3.02. The lowest BCUT2D eigenvalue weighted by Gasteiger charge is -2.04. The van der Waals surface area contributed by atoms with Gasteiger partial charge in [0.1, 0.15) is 5.52 Å². The van der Waals surface area contributed by atoms with Gasteiger partial charge in [0.2, 0.25) is 0 Å². The Kier molecular flexibility index (Phi) is 3.57. The highest BCUT2D eigenvalue weighted by Crippen LogP contribution is 2.23. The number of hydrogen-bond donors (Lipinski definition) is 0. The van der Waals surface area contributed by atoms with Crippen molar-refractivity contribution in [1.82, 2.24) is 25.1 Å². The Bertz CT molecular complexity index is 971. The summed E-state index contributed by atoms with van der Waals surface area (Å²) in [5.41, 5.74) is 3.83. The first kappa shape index (κ1) is 14.6. The van der Waals surface area contributed by atoms with E-state index in [9.17, 15) is 0 Å². The van der Waals surface area contributed by atoms with E-state index in [1.807, 2.05) is 53.2 Å². The second kappa shape index (κ2) is 5.88. The molecule has 2 heterocycles. The van der Waals surface area contributed by atoms with E-state index >= 15 is 0 Å². The first-order chi connectivity index (χ1) is 11.7. The Balaban J connectivity index is 1.63. The lowest BCUT2D eigenvalue weighted by Crippen LogP contribution is -2.02. The molecule has 0 aliphatic carbocycles. The third-order valence-electron chi connectivity index (χ3n) is 3.88. The van der Waals surface area contributed by atoms with Crippen molar-refractivity contribution in [3.63, 3.8) is 0 Å². The van der Waals surface area contributed by atoms with Gasteiger partial charge in [0.25, 0.3) is 5.89 Å². The van der Waals surface area contributed by atoms with Gasteiger partial charge >= 0.3 is 0 Å². The summed E-state index contributed by atoms with van der Waals surface area (Å²) in [4.78, 5) is 4.49. The van der Waals surface area contributed by atoms with Crippen LogP contribution in [0.3, 0.4) is 0 Å². The zero-order chi connectivity index (χ0) is 16.5. The van der Waals surface area contributed by atoms with E-state index in [1.165, 1.54) is 0 Å². The minimum Gasteiger partial charge on any atom is -0.334 e. The normalized spacial score (nSPS) is 11.5. The topological polar surface area (TPSA) is 69.6 Å². The van der Waals surface area contributed by atoms with Gasteiger partial charge in [0.15, 0.2) is 5.82 Å². The zero-order valence-corrected chi connectivity index (χ0v) is 13.5.